The van der Waals surface area contributed by atoms with Crippen molar-refractivity contribution in [2.24, 2.45) is 0 Å². The molecule has 7 heteroatoms. The predicted molar refractivity (Wildman–Crippen MR) is 79.5 cm³/mol. The minimum absolute atomic E-state index is 0.427. The van der Waals surface area contributed by atoms with Gasteiger partial charge in [-0.25, -0.2) is 9.67 Å². The number of benzene rings is 1. The molecule has 5 nitrogen and oxygen atoms in total. The van der Waals surface area contributed by atoms with Crippen LogP contribution in [0.15, 0.2) is 55.4 Å². The summed E-state index contributed by atoms with van der Waals surface area (Å²) in [4.78, 5) is 8.04. The molecule has 2 aromatic heterocycles. The summed E-state index contributed by atoms with van der Waals surface area (Å²) in [6.45, 7) is 0. The number of hydrogen-bond acceptors (Lipinski definition) is 4. The van der Waals surface area contributed by atoms with Gasteiger partial charge in [-0.3, -0.25) is 4.98 Å². The van der Waals surface area contributed by atoms with Gasteiger partial charge in [-0.05, 0) is 24.3 Å². The SMILES string of the molecule is Clc1ccc(OC(c2cccnc2)n2cncn2)c(Cl)c1. The third-order valence-corrected chi connectivity index (χ3v) is 3.31. The Balaban J connectivity index is 1.97. The predicted octanol–water partition coefficient (Wildman–Crippen LogP) is 3.61. The second-order valence-electron chi connectivity index (χ2n) is 4.21. The van der Waals surface area contributed by atoms with Crippen LogP contribution in [-0.2, 0) is 0 Å². The molecule has 1 aromatic carbocycles. The Morgan fingerprint density at radius 2 is 2.05 bits per heavy atom. The molecular formula is C14H10Cl2N4O. The van der Waals surface area contributed by atoms with Crippen LogP contribution in [0, 0.1) is 0 Å². The summed E-state index contributed by atoms with van der Waals surface area (Å²) in [6.07, 6.45) is 5.89. The highest BCUT2D eigenvalue weighted by molar-refractivity contribution is 6.35. The second-order valence-corrected chi connectivity index (χ2v) is 5.05. The van der Waals surface area contributed by atoms with Gasteiger partial charge in [0.25, 0.3) is 0 Å². The first-order valence-electron chi connectivity index (χ1n) is 6.10. The van der Waals surface area contributed by atoms with E-state index in [4.69, 9.17) is 27.9 Å². The first-order valence-corrected chi connectivity index (χ1v) is 6.85. The monoisotopic (exact) mass is 320 g/mol. The summed E-state index contributed by atoms with van der Waals surface area (Å²) in [6, 6.07) is 8.77. The molecule has 0 aliphatic carbocycles. The van der Waals surface area contributed by atoms with E-state index in [1.807, 2.05) is 12.1 Å². The maximum atomic E-state index is 6.15. The fraction of sp³-hybridized carbons (Fsp3) is 0.0714. The topological polar surface area (TPSA) is 52.8 Å². The number of aromatic nitrogens is 4. The Hall–Kier alpha value is -2.11. The molecular weight excluding hydrogens is 311 g/mol. The first-order chi connectivity index (χ1) is 10.2. The summed E-state index contributed by atoms with van der Waals surface area (Å²) < 4.78 is 7.55. The van der Waals surface area contributed by atoms with Gasteiger partial charge in [0.1, 0.15) is 18.4 Å². The number of nitrogens with zero attached hydrogens (tertiary/aromatic N) is 4. The van der Waals surface area contributed by atoms with Gasteiger partial charge < -0.3 is 4.74 Å². The molecule has 3 aromatic rings. The molecule has 0 N–H and O–H groups in total. The molecule has 2 heterocycles. The van der Waals surface area contributed by atoms with Crippen LogP contribution in [0.5, 0.6) is 5.75 Å². The molecule has 0 bridgehead atoms. The van der Waals surface area contributed by atoms with E-state index in [0.717, 1.165) is 5.56 Å². The van der Waals surface area contributed by atoms with Gasteiger partial charge in [-0.2, -0.15) is 5.10 Å². The average Bonchev–Trinajstić information content (AvgIpc) is 3.01. The quantitative estimate of drug-likeness (QED) is 0.737. The summed E-state index contributed by atoms with van der Waals surface area (Å²) in [5.74, 6) is 0.505. The lowest BCUT2D eigenvalue weighted by Gasteiger charge is -2.19. The van der Waals surface area contributed by atoms with Crippen LogP contribution in [0.4, 0.5) is 0 Å². The van der Waals surface area contributed by atoms with Crippen molar-refractivity contribution in [1.82, 2.24) is 19.7 Å². The van der Waals surface area contributed by atoms with Crippen LogP contribution in [0.1, 0.15) is 11.8 Å². The smallest absolute Gasteiger partial charge is 0.220 e. The van der Waals surface area contributed by atoms with E-state index >= 15 is 0 Å². The van der Waals surface area contributed by atoms with Gasteiger partial charge in [0, 0.05) is 23.0 Å². The highest BCUT2D eigenvalue weighted by atomic mass is 35.5. The zero-order valence-corrected chi connectivity index (χ0v) is 12.2. The summed E-state index contributed by atoms with van der Waals surface area (Å²) in [7, 11) is 0. The minimum atomic E-state index is -0.514. The summed E-state index contributed by atoms with van der Waals surface area (Å²) >= 11 is 12.0. The molecule has 0 saturated carbocycles. The number of halogens is 2. The average molecular weight is 321 g/mol. The van der Waals surface area contributed by atoms with Crippen molar-refractivity contribution in [2.45, 2.75) is 6.23 Å². The Kier molecular flexibility index (Phi) is 4.03. The molecule has 0 radical (unpaired) electrons. The van der Waals surface area contributed by atoms with Crippen LogP contribution >= 0.6 is 23.2 Å². The van der Waals surface area contributed by atoms with Crippen LogP contribution in [0.25, 0.3) is 0 Å². The van der Waals surface area contributed by atoms with Crippen molar-refractivity contribution >= 4 is 23.2 Å². The van der Waals surface area contributed by atoms with Crippen molar-refractivity contribution in [3.05, 3.63) is 71.0 Å². The molecule has 1 atom stereocenters. The number of rotatable bonds is 4. The molecule has 0 fully saturated rings. The van der Waals surface area contributed by atoms with Gasteiger partial charge in [-0.15, -0.1) is 0 Å². The van der Waals surface area contributed by atoms with Crippen LogP contribution < -0.4 is 4.74 Å². The number of hydrogen-bond donors (Lipinski definition) is 0. The molecule has 0 aliphatic heterocycles. The third-order valence-electron chi connectivity index (χ3n) is 2.78. The standard InChI is InChI=1S/C14H10Cl2N4O/c15-11-3-4-13(12(16)6-11)21-14(20-9-18-8-19-20)10-2-1-5-17-7-10/h1-9,14H. The van der Waals surface area contributed by atoms with E-state index < -0.39 is 6.23 Å². The zero-order chi connectivity index (χ0) is 14.7. The van der Waals surface area contributed by atoms with Crippen LogP contribution in [-0.4, -0.2) is 19.7 Å². The maximum absolute atomic E-state index is 6.15. The van der Waals surface area contributed by atoms with Crippen LogP contribution in [0.3, 0.4) is 0 Å². The Labute approximate surface area is 131 Å². The first kappa shape index (κ1) is 13.9. The zero-order valence-electron chi connectivity index (χ0n) is 10.7. The molecule has 1 unspecified atom stereocenters. The summed E-state index contributed by atoms with van der Waals surface area (Å²) in [5, 5.41) is 5.09. The summed E-state index contributed by atoms with van der Waals surface area (Å²) in [5.41, 5.74) is 0.828. The van der Waals surface area contributed by atoms with Crippen molar-refractivity contribution in [3.8, 4) is 5.75 Å². The van der Waals surface area contributed by atoms with Crippen molar-refractivity contribution in [2.75, 3.05) is 0 Å². The van der Waals surface area contributed by atoms with E-state index in [1.54, 1.807) is 41.6 Å². The van der Waals surface area contributed by atoms with E-state index in [-0.39, 0.29) is 0 Å². The Morgan fingerprint density at radius 1 is 1.14 bits per heavy atom. The fourth-order valence-electron chi connectivity index (χ4n) is 1.83. The van der Waals surface area contributed by atoms with Crippen molar-refractivity contribution in [1.29, 1.82) is 0 Å². The highest BCUT2D eigenvalue weighted by Gasteiger charge is 2.18. The molecule has 0 aliphatic rings. The molecule has 0 saturated heterocycles. The molecule has 0 spiro atoms. The second kappa shape index (κ2) is 6.11. The van der Waals surface area contributed by atoms with Crippen molar-refractivity contribution < 1.29 is 4.74 Å². The van der Waals surface area contributed by atoms with E-state index in [9.17, 15) is 0 Å². The van der Waals surface area contributed by atoms with Gasteiger partial charge in [-0.1, -0.05) is 29.3 Å². The number of ether oxygens (including phenoxy) is 1. The van der Waals surface area contributed by atoms with Gasteiger partial charge in [0.2, 0.25) is 6.23 Å². The van der Waals surface area contributed by atoms with Gasteiger partial charge in [0.05, 0.1) is 5.02 Å². The third kappa shape index (κ3) is 3.15. The van der Waals surface area contributed by atoms with Gasteiger partial charge in [0.15, 0.2) is 0 Å². The minimum Gasteiger partial charge on any atom is -0.463 e. The van der Waals surface area contributed by atoms with Crippen LogP contribution in [0.2, 0.25) is 10.0 Å². The van der Waals surface area contributed by atoms with E-state index in [0.29, 0.717) is 15.8 Å². The van der Waals surface area contributed by atoms with E-state index in [1.165, 1.54) is 6.33 Å². The molecule has 0 amide bonds. The fourth-order valence-corrected chi connectivity index (χ4v) is 2.28. The lowest BCUT2D eigenvalue weighted by atomic mass is 10.2. The maximum Gasteiger partial charge on any atom is 0.220 e. The molecule has 106 valence electrons. The normalized spacial score (nSPS) is 12.1. The highest BCUT2D eigenvalue weighted by Crippen LogP contribution is 2.31. The van der Waals surface area contributed by atoms with E-state index in [2.05, 4.69) is 15.1 Å². The molecule has 3 rings (SSSR count). The lowest BCUT2D eigenvalue weighted by molar-refractivity contribution is 0.158. The lowest BCUT2D eigenvalue weighted by Crippen LogP contribution is -2.18. The van der Waals surface area contributed by atoms with Gasteiger partial charge >= 0.3 is 0 Å². The Morgan fingerprint density at radius 3 is 2.71 bits per heavy atom. The molecule has 21 heavy (non-hydrogen) atoms. The largest absolute Gasteiger partial charge is 0.463 e. The van der Waals surface area contributed by atoms with Crippen molar-refractivity contribution in [3.63, 3.8) is 0 Å². The Bertz CT molecular complexity index is 719. The number of pyridine rings is 1.